The summed E-state index contributed by atoms with van der Waals surface area (Å²) >= 11 is 0. The molecule has 270 valence electrons. The van der Waals surface area contributed by atoms with Crippen molar-refractivity contribution in [1.82, 2.24) is 21.3 Å². The van der Waals surface area contributed by atoms with Crippen molar-refractivity contribution < 1.29 is 48.4 Å². The number of alkyl carbamates (subject to hydrolysis) is 1. The molecular formula is C31H53N8O9+. The van der Waals surface area contributed by atoms with Crippen LogP contribution >= 0.6 is 0 Å². The average molecular weight is 682 g/mol. The van der Waals surface area contributed by atoms with Crippen molar-refractivity contribution >= 4 is 53.5 Å². The van der Waals surface area contributed by atoms with Gasteiger partial charge in [-0.15, -0.1) is 0 Å². The highest BCUT2D eigenvalue weighted by Gasteiger charge is 2.28. The van der Waals surface area contributed by atoms with E-state index in [9.17, 15) is 33.6 Å². The van der Waals surface area contributed by atoms with E-state index >= 15 is 0 Å². The standard InChI is InChI=1S/C26H40N6O8.C4H7NO.CH5N/c1-15(2)22(30-17(5)33)24(36)32-20(7-6-12-28-25(27)37)23(35)31-19-10-8-18(9-11-19)14-39-26(38)29-13-21(34)40-16(3)4;1-2-4(6)3-5;1-2/h8-11,15-16,20,22H,6-7,12-14H2,1-5H3,(H,29,38)(H,30,33)(H,31,35)(H,32,36)(H3,27,28,37);3,5H,2H2,1H3;2H2,1H3/p+1. The number of carbonyl (C=O) groups is 7. The van der Waals surface area contributed by atoms with Gasteiger partial charge in [0.1, 0.15) is 25.2 Å². The predicted octanol–water partition coefficient (Wildman–Crippen LogP) is -0.733. The lowest BCUT2D eigenvalue weighted by atomic mass is 10.0. The first-order valence-electron chi connectivity index (χ1n) is 15.4. The largest absolute Gasteiger partial charge is 0.462 e. The van der Waals surface area contributed by atoms with Crippen LogP contribution < -0.4 is 43.5 Å². The van der Waals surface area contributed by atoms with Crippen molar-refractivity contribution in [1.29, 1.82) is 0 Å². The molecule has 0 radical (unpaired) electrons. The van der Waals surface area contributed by atoms with Crippen LogP contribution in [-0.4, -0.2) is 86.1 Å². The molecule has 0 aliphatic heterocycles. The smallest absolute Gasteiger partial charge is 0.407 e. The number of nitrogens with one attached hydrogen (secondary N) is 5. The summed E-state index contributed by atoms with van der Waals surface area (Å²) in [4.78, 5) is 81.7. The van der Waals surface area contributed by atoms with Crippen molar-refractivity contribution in [2.24, 2.45) is 17.4 Å². The lowest BCUT2D eigenvalue weighted by Gasteiger charge is -2.25. The zero-order valence-corrected chi connectivity index (χ0v) is 28.8. The number of carbonyl (C=O) groups excluding carboxylic acids is 7. The van der Waals surface area contributed by atoms with E-state index in [4.69, 9.17) is 20.6 Å². The Morgan fingerprint density at radius 2 is 1.52 bits per heavy atom. The third-order valence-electron chi connectivity index (χ3n) is 5.78. The topological polar surface area (TPSA) is 276 Å². The van der Waals surface area contributed by atoms with E-state index in [0.717, 1.165) is 6.21 Å². The Morgan fingerprint density at radius 1 is 0.917 bits per heavy atom. The van der Waals surface area contributed by atoms with Crippen LogP contribution in [0, 0.1) is 5.92 Å². The molecule has 0 aliphatic carbocycles. The van der Waals surface area contributed by atoms with Gasteiger partial charge in [-0.2, -0.15) is 0 Å². The van der Waals surface area contributed by atoms with Crippen LogP contribution in [-0.2, 0) is 40.1 Å². The van der Waals surface area contributed by atoms with Crippen molar-refractivity contribution in [3.63, 3.8) is 0 Å². The summed E-state index contributed by atoms with van der Waals surface area (Å²) in [6, 6.07) is 3.94. The number of hydrogen-bond acceptors (Lipinski definition) is 10. The fourth-order valence-electron chi connectivity index (χ4n) is 3.48. The van der Waals surface area contributed by atoms with Crippen LogP contribution in [0.15, 0.2) is 24.3 Å². The van der Waals surface area contributed by atoms with Crippen LogP contribution in [0.2, 0.25) is 0 Å². The van der Waals surface area contributed by atoms with E-state index in [2.05, 4.69) is 32.3 Å². The van der Waals surface area contributed by atoms with Crippen molar-refractivity contribution in [3.05, 3.63) is 29.8 Å². The highest BCUT2D eigenvalue weighted by molar-refractivity contribution is 6.24. The van der Waals surface area contributed by atoms with E-state index in [1.165, 1.54) is 14.0 Å². The summed E-state index contributed by atoms with van der Waals surface area (Å²) in [5, 5.41) is 17.5. The minimum Gasteiger partial charge on any atom is -0.462 e. The number of primary amides is 1. The summed E-state index contributed by atoms with van der Waals surface area (Å²) in [7, 11) is 1.50. The predicted molar refractivity (Wildman–Crippen MR) is 179 cm³/mol. The lowest BCUT2D eigenvalue weighted by molar-refractivity contribution is -0.146. The molecular weight excluding hydrogens is 628 g/mol. The minimum absolute atomic E-state index is 0.00463. The number of nitrogens with two attached hydrogens (primary N) is 3. The molecule has 0 fully saturated rings. The molecule has 0 heterocycles. The van der Waals surface area contributed by atoms with E-state index in [1.54, 1.807) is 58.9 Å². The van der Waals surface area contributed by atoms with Crippen LogP contribution in [0.5, 0.6) is 0 Å². The zero-order valence-electron chi connectivity index (χ0n) is 28.8. The molecule has 1 rings (SSSR count). The van der Waals surface area contributed by atoms with Gasteiger partial charge in [-0.3, -0.25) is 29.4 Å². The number of ketones is 1. The maximum Gasteiger partial charge on any atom is 0.407 e. The fraction of sp³-hybridized carbons (Fsp3) is 0.548. The van der Waals surface area contributed by atoms with E-state index < -0.39 is 42.0 Å². The number of Topliss-reactive ketones (excluding diaryl/α,β-unsaturated/α-hetero) is 1. The van der Waals surface area contributed by atoms with Gasteiger partial charge in [-0.1, -0.05) is 32.9 Å². The second-order valence-corrected chi connectivity index (χ2v) is 10.6. The fourth-order valence-corrected chi connectivity index (χ4v) is 3.48. The third kappa shape index (κ3) is 22.4. The molecule has 1 aromatic rings. The van der Waals surface area contributed by atoms with Gasteiger partial charge in [0.05, 0.1) is 6.10 Å². The summed E-state index contributed by atoms with van der Waals surface area (Å²) in [6.07, 6.45) is 1.05. The molecule has 48 heavy (non-hydrogen) atoms. The van der Waals surface area contributed by atoms with Gasteiger partial charge >= 0.3 is 18.1 Å². The number of ether oxygens (including phenoxy) is 2. The van der Waals surface area contributed by atoms with Gasteiger partial charge < -0.3 is 47.5 Å². The number of hydrogen-bond donors (Lipinski definition) is 8. The molecule has 0 saturated carbocycles. The monoisotopic (exact) mass is 681 g/mol. The molecule has 0 saturated heterocycles. The number of amides is 6. The summed E-state index contributed by atoms with van der Waals surface area (Å²) in [5.74, 6) is -2.22. The van der Waals surface area contributed by atoms with Crippen LogP contribution in [0.25, 0.3) is 0 Å². The number of anilines is 1. The number of esters is 1. The Labute approximate surface area is 281 Å². The molecule has 11 N–H and O–H groups in total. The van der Waals surface area contributed by atoms with Crippen molar-refractivity contribution in [3.8, 4) is 0 Å². The highest BCUT2D eigenvalue weighted by Crippen LogP contribution is 2.13. The molecule has 0 aliphatic rings. The first-order valence-corrected chi connectivity index (χ1v) is 15.4. The van der Waals surface area contributed by atoms with Gasteiger partial charge in [0.2, 0.25) is 29.7 Å². The van der Waals surface area contributed by atoms with E-state index in [-0.39, 0.29) is 49.8 Å². The van der Waals surface area contributed by atoms with Gasteiger partial charge in [0.25, 0.3) is 0 Å². The van der Waals surface area contributed by atoms with Crippen LogP contribution in [0.1, 0.15) is 66.4 Å². The molecule has 17 heteroatoms. The van der Waals surface area contributed by atoms with Crippen molar-refractivity contribution in [2.45, 2.75) is 85.6 Å². The number of benzene rings is 1. The molecule has 6 amide bonds. The zero-order chi connectivity index (χ0) is 37.2. The first kappa shape index (κ1) is 45.1. The second-order valence-electron chi connectivity index (χ2n) is 10.6. The molecule has 1 aromatic carbocycles. The van der Waals surface area contributed by atoms with Crippen molar-refractivity contribution in [2.75, 3.05) is 25.5 Å². The lowest BCUT2D eigenvalue weighted by Crippen LogP contribution is -2.54. The number of rotatable bonds is 17. The minimum atomic E-state index is -0.966. The summed E-state index contributed by atoms with van der Waals surface area (Å²) < 4.78 is 9.98. The maximum atomic E-state index is 13.0. The van der Waals surface area contributed by atoms with Gasteiger partial charge in [0, 0.05) is 25.6 Å². The Morgan fingerprint density at radius 3 is 1.98 bits per heavy atom. The van der Waals surface area contributed by atoms with Gasteiger partial charge in [-0.05, 0) is 57.4 Å². The number of urea groups is 1. The van der Waals surface area contributed by atoms with Gasteiger partial charge in [0.15, 0.2) is 0 Å². The van der Waals surface area contributed by atoms with Crippen LogP contribution in [0.3, 0.4) is 0 Å². The Bertz CT molecular complexity index is 1190. The Hall–Kier alpha value is -5.06. The highest BCUT2D eigenvalue weighted by atomic mass is 16.6. The molecule has 0 aromatic heterocycles. The second kappa shape index (κ2) is 26.1. The quantitative estimate of drug-likeness (QED) is 0.0580. The SMILES string of the molecule is CC(=O)NC(C(=O)NC(CCCNC(N)=O)C(=O)Nc1ccc(COC(=O)NCC(=O)OC(C)C)cc1)C(C)C.CCC(=O)C=[NH2+].CN. The average Bonchev–Trinajstić information content (AvgIpc) is 3.03. The summed E-state index contributed by atoms with van der Waals surface area (Å²) in [6.45, 7) is 9.79. The molecule has 2 unspecified atom stereocenters. The Kier molecular flexibility index (Phi) is 24.5. The van der Waals surface area contributed by atoms with E-state index in [1.807, 2.05) is 0 Å². The molecule has 0 bridgehead atoms. The molecule has 0 spiro atoms. The van der Waals surface area contributed by atoms with Crippen LogP contribution in [0.4, 0.5) is 15.3 Å². The van der Waals surface area contributed by atoms with E-state index in [0.29, 0.717) is 24.1 Å². The van der Waals surface area contributed by atoms with Gasteiger partial charge in [-0.25, -0.2) is 9.59 Å². The normalized spacial score (nSPS) is 11.1. The third-order valence-corrected chi connectivity index (χ3v) is 5.78. The Balaban J connectivity index is 0. The summed E-state index contributed by atoms with van der Waals surface area (Å²) in [5.41, 5.74) is 10.6. The first-order chi connectivity index (χ1) is 22.6. The molecule has 2 atom stereocenters. The maximum absolute atomic E-state index is 13.0. The molecule has 17 nitrogen and oxygen atoms in total.